The quantitative estimate of drug-likeness (QED) is 0.151. The molecule has 8 aromatic rings. The van der Waals surface area contributed by atoms with Gasteiger partial charge in [0.15, 0.2) is 0 Å². The molecule has 0 aliphatic heterocycles. The van der Waals surface area contributed by atoms with Crippen molar-refractivity contribution in [1.82, 2.24) is 4.40 Å². The Kier molecular flexibility index (Phi) is 5.56. The zero-order valence-electron chi connectivity index (χ0n) is 30.3. The van der Waals surface area contributed by atoms with Gasteiger partial charge in [-0.3, -0.25) is 4.79 Å². The fraction of sp³-hybridized carbons (Fsp3) is 0.362. The van der Waals surface area contributed by atoms with E-state index in [1.807, 2.05) is 24.3 Å². The number of para-hydroxylation sites is 1. The molecular weight excluding hydrogens is 625 g/mol. The Labute approximate surface area is 297 Å². The zero-order chi connectivity index (χ0) is 34.9. The van der Waals surface area contributed by atoms with Crippen LogP contribution in [0.3, 0.4) is 0 Å². The lowest BCUT2D eigenvalue weighted by Gasteiger charge is -2.38. The van der Waals surface area contributed by atoms with Crippen molar-refractivity contribution in [3.05, 3.63) is 98.7 Å². The first-order valence-corrected chi connectivity index (χ1v) is 19.0. The van der Waals surface area contributed by atoms with Crippen LogP contribution in [-0.4, -0.2) is 4.40 Å². The Hall–Kier alpha value is -4.88. The van der Waals surface area contributed by atoms with Crippen molar-refractivity contribution in [3.63, 3.8) is 0 Å². The van der Waals surface area contributed by atoms with Crippen LogP contribution in [0.5, 0.6) is 0 Å². The average molecular weight is 667 g/mol. The maximum atomic E-state index is 14.1. The summed E-state index contributed by atoms with van der Waals surface area (Å²) in [6.07, 6.45) is 6.23. The summed E-state index contributed by atoms with van der Waals surface area (Å²) in [7, 11) is 0. The fourth-order valence-electron chi connectivity index (χ4n) is 11.3. The molecule has 12 rings (SSSR count). The van der Waals surface area contributed by atoms with Crippen LogP contribution in [0.15, 0.2) is 69.9 Å². The topological polar surface area (TPSA) is 58.4 Å². The van der Waals surface area contributed by atoms with Crippen LogP contribution >= 0.6 is 0 Å². The molecule has 252 valence electrons. The van der Waals surface area contributed by atoms with Gasteiger partial charge in [0.25, 0.3) is 0 Å². The summed E-state index contributed by atoms with van der Waals surface area (Å²) in [4.78, 5) is 14.1. The number of rotatable bonds is 0. The second kappa shape index (κ2) is 9.51. The van der Waals surface area contributed by atoms with Crippen molar-refractivity contribution in [1.29, 1.82) is 5.26 Å². The molecule has 0 amide bonds. The van der Waals surface area contributed by atoms with Crippen LogP contribution in [-0.2, 0) is 10.8 Å². The second-order valence-electron chi connectivity index (χ2n) is 18.5. The number of nitrogens with zero attached hydrogens (tertiary/aromatic N) is 2. The Bertz CT molecular complexity index is 2960. The minimum atomic E-state index is -0.0858. The van der Waals surface area contributed by atoms with E-state index in [0.29, 0.717) is 33.8 Å². The number of hydrogen-bond acceptors (Lipinski definition) is 3. The first-order valence-electron chi connectivity index (χ1n) is 19.0. The van der Waals surface area contributed by atoms with Crippen LogP contribution in [0, 0.1) is 23.2 Å². The minimum Gasteiger partial charge on any atom is -0.456 e. The maximum Gasteiger partial charge on any atom is 0.200 e. The van der Waals surface area contributed by atoms with Gasteiger partial charge in [0.2, 0.25) is 5.43 Å². The molecule has 4 heteroatoms. The molecule has 2 atom stereocenters. The van der Waals surface area contributed by atoms with Crippen LogP contribution in [0.4, 0.5) is 0 Å². The SMILES string of the molecule is CC(C)(C)c1cc(C(C)(C)C)c2cc3c4cc5oc6ccccc6c(=O)c5cc4n4c5cc(C#N)c6c(c5c(c2c1)c34)C1CC2CC(CC6C2)C1. The van der Waals surface area contributed by atoms with E-state index >= 15 is 0 Å². The second-order valence-corrected chi connectivity index (χ2v) is 18.5. The van der Waals surface area contributed by atoms with Crippen molar-refractivity contribution in [2.45, 2.75) is 96.3 Å². The molecule has 4 bridgehead atoms. The third kappa shape index (κ3) is 3.82. The fourth-order valence-corrected chi connectivity index (χ4v) is 11.3. The van der Waals surface area contributed by atoms with E-state index in [2.05, 4.69) is 88.4 Å². The molecule has 0 spiro atoms. The smallest absolute Gasteiger partial charge is 0.200 e. The Morgan fingerprint density at radius 1 is 0.667 bits per heavy atom. The van der Waals surface area contributed by atoms with E-state index in [1.165, 1.54) is 86.8 Å². The Morgan fingerprint density at radius 2 is 1.39 bits per heavy atom. The molecule has 2 fully saturated rings. The highest BCUT2D eigenvalue weighted by molar-refractivity contribution is 6.33. The Balaban J connectivity index is 1.43. The van der Waals surface area contributed by atoms with Crippen molar-refractivity contribution < 1.29 is 4.42 Å². The summed E-state index contributed by atoms with van der Waals surface area (Å²) in [5, 5.41) is 19.6. The molecule has 3 aromatic heterocycles. The predicted octanol–water partition coefficient (Wildman–Crippen LogP) is 12.1. The van der Waals surface area contributed by atoms with Crippen LogP contribution in [0.1, 0.15) is 113 Å². The van der Waals surface area contributed by atoms with Gasteiger partial charge in [-0.05, 0) is 142 Å². The first kappa shape index (κ1) is 29.8. The standard InChI is InChI=1S/C47H42N2O2/c1-46(2,3)28-17-32-30(35(18-28)47(4,5)6)19-33-31-21-39-34(45(50)29-9-7-8-10-38(29)51-39)20-36(31)49-37-16-27(22-48)40-25-12-23-11-24(13-25)15-26(14-23)41(40)43(37)42(32)44(33)49/h7-10,16-21,23-26H,11-15H2,1-6H3. The summed E-state index contributed by atoms with van der Waals surface area (Å²) in [6.45, 7) is 14.0. The highest BCUT2D eigenvalue weighted by atomic mass is 16.3. The van der Waals surface area contributed by atoms with E-state index in [4.69, 9.17) is 4.42 Å². The van der Waals surface area contributed by atoms with Crippen LogP contribution in [0.2, 0.25) is 0 Å². The molecule has 2 unspecified atom stereocenters. The van der Waals surface area contributed by atoms with Gasteiger partial charge in [0, 0.05) is 21.5 Å². The summed E-state index contributed by atoms with van der Waals surface area (Å²) in [5.74, 6) is 2.41. The number of hydrogen-bond donors (Lipinski definition) is 0. The maximum absolute atomic E-state index is 14.1. The summed E-state index contributed by atoms with van der Waals surface area (Å²) < 4.78 is 8.88. The lowest BCUT2D eigenvalue weighted by Crippen LogP contribution is -2.25. The van der Waals surface area contributed by atoms with E-state index in [0.717, 1.165) is 33.8 Å². The number of benzene rings is 5. The van der Waals surface area contributed by atoms with Gasteiger partial charge in [0.05, 0.1) is 39.0 Å². The van der Waals surface area contributed by atoms with Gasteiger partial charge in [-0.15, -0.1) is 0 Å². The van der Waals surface area contributed by atoms with Crippen molar-refractivity contribution >= 4 is 70.8 Å². The van der Waals surface area contributed by atoms with Crippen LogP contribution < -0.4 is 5.43 Å². The first-order chi connectivity index (χ1) is 24.4. The van der Waals surface area contributed by atoms with E-state index < -0.39 is 0 Å². The molecule has 2 saturated carbocycles. The predicted molar refractivity (Wildman–Crippen MR) is 210 cm³/mol. The number of nitriles is 1. The molecule has 4 nitrogen and oxygen atoms in total. The molecular formula is C47H42N2O2. The van der Waals surface area contributed by atoms with E-state index in [1.54, 1.807) is 0 Å². The van der Waals surface area contributed by atoms with E-state index in [-0.39, 0.29) is 16.3 Å². The number of aromatic nitrogens is 1. The van der Waals surface area contributed by atoms with Gasteiger partial charge in [0.1, 0.15) is 11.2 Å². The molecule has 3 heterocycles. The summed E-state index contributed by atoms with van der Waals surface area (Å²) in [5.41, 5.74) is 10.8. The van der Waals surface area contributed by atoms with Gasteiger partial charge >= 0.3 is 0 Å². The summed E-state index contributed by atoms with van der Waals surface area (Å²) in [6, 6.07) is 24.0. The molecule has 0 N–H and O–H groups in total. The number of fused-ring (bicyclic) bond motifs is 10. The van der Waals surface area contributed by atoms with E-state index in [9.17, 15) is 10.1 Å². The van der Waals surface area contributed by atoms with Crippen molar-refractivity contribution in [2.75, 3.05) is 0 Å². The van der Waals surface area contributed by atoms with Crippen LogP contribution in [0.25, 0.3) is 70.8 Å². The molecule has 0 saturated heterocycles. The molecule has 51 heavy (non-hydrogen) atoms. The highest BCUT2D eigenvalue weighted by Gasteiger charge is 2.45. The van der Waals surface area contributed by atoms with Crippen molar-refractivity contribution in [2.24, 2.45) is 11.8 Å². The largest absolute Gasteiger partial charge is 0.456 e. The molecule has 4 aliphatic rings. The Morgan fingerprint density at radius 3 is 2.10 bits per heavy atom. The molecule has 4 aliphatic carbocycles. The lowest BCUT2D eigenvalue weighted by molar-refractivity contribution is 0.166. The van der Waals surface area contributed by atoms with Gasteiger partial charge < -0.3 is 8.82 Å². The molecule has 5 aromatic carbocycles. The monoisotopic (exact) mass is 666 g/mol. The summed E-state index contributed by atoms with van der Waals surface area (Å²) >= 11 is 0. The van der Waals surface area contributed by atoms with Gasteiger partial charge in [-0.25, -0.2) is 0 Å². The lowest BCUT2D eigenvalue weighted by atomic mass is 9.67. The normalized spacial score (nSPS) is 22.0. The van der Waals surface area contributed by atoms with Gasteiger partial charge in [-0.2, -0.15) is 5.26 Å². The van der Waals surface area contributed by atoms with Gasteiger partial charge in [-0.1, -0.05) is 59.7 Å². The molecule has 0 radical (unpaired) electrons. The average Bonchev–Trinajstić information content (AvgIpc) is 3.52. The minimum absolute atomic E-state index is 0.00656. The zero-order valence-corrected chi connectivity index (χ0v) is 30.3. The third-order valence-electron chi connectivity index (χ3n) is 13.3. The third-order valence-corrected chi connectivity index (χ3v) is 13.3. The van der Waals surface area contributed by atoms with Crippen molar-refractivity contribution in [3.8, 4) is 6.07 Å². The highest BCUT2D eigenvalue weighted by Crippen LogP contribution is 2.60.